The molecule has 0 saturated heterocycles. The normalized spacial score (nSPS) is 10.4. The molecule has 1 aromatic rings. The van der Waals surface area contributed by atoms with Crippen LogP contribution in [0.3, 0.4) is 0 Å². The second kappa shape index (κ2) is 3.71. The standard InChI is InChI=1S/C7H9Br2N3O/c1-2-3-4(8)5(10)6(11)7(9)12(3)13/h2,10-11H2,1H3. The van der Waals surface area contributed by atoms with Crippen LogP contribution >= 0.6 is 31.9 Å². The van der Waals surface area contributed by atoms with Crippen molar-refractivity contribution in [2.24, 2.45) is 0 Å². The van der Waals surface area contributed by atoms with Gasteiger partial charge in [0, 0.05) is 22.4 Å². The van der Waals surface area contributed by atoms with Crippen molar-refractivity contribution in [1.29, 1.82) is 0 Å². The van der Waals surface area contributed by atoms with Crippen LogP contribution in [-0.2, 0) is 6.42 Å². The quantitative estimate of drug-likeness (QED) is 0.469. The Morgan fingerprint density at radius 3 is 2.31 bits per heavy atom. The third kappa shape index (κ3) is 1.60. The number of halogens is 2. The van der Waals surface area contributed by atoms with Crippen LogP contribution in [0.5, 0.6) is 0 Å². The maximum Gasteiger partial charge on any atom is 0.284 e. The highest BCUT2D eigenvalue weighted by molar-refractivity contribution is 9.11. The molecular weight excluding hydrogens is 302 g/mol. The van der Waals surface area contributed by atoms with E-state index in [2.05, 4.69) is 31.9 Å². The zero-order valence-corrected chi connectivity index (χ0v) is 10.1. The highest BCUT2D eigenvalue weighted by Gasteiger charge is 2.20. The molecule has 0 aliphatic rings. The SMILES string of the molecule is CCc1c(Br)c(N)c(N)c(Br)[n+]1[O-]. The van der Waals surface area contributed by atoms with Crippen LogP contribution < -0.4 is 16.2 Å². The molecule has 0 amide bonds. The van der Waals surface area contributed by atoms with Gasteiger partial charge in [-0.1, -0.05) is 6.92 Å². The van der Waals surface area contributed by atoms with E-state index in [9.17, 15) is 5.21 Å². The summed E-state index contributed by atoms with van der Waals surface area (Å²) in [6.07, 6.45) is 0.590. The van der Waals surface area contributed by atoms with Crippen molar-refractivity contribution in [1.82, 2.24) is 0 Å². The van der Waals surface area contributed by atoms with Crippen molar-refractivity contribution in [3.63, 3.8) is 0 Å². The Bertz CT molecular complexity index is 325. The second-order valence-electron chi connectivity index (χ2n) is 2.53. The van der Waals surface area contributed by atoms with Gasteiger partial charge in [0.2, 0.25) is 5.69 Å². The zero-order chi connectivity index (χ0) is 10.2. The Kier molecular flexibility index (Phi) is 3.02. The first-order chi connectivity index (χ1) is 6.00. The van der Waals surface area contributed by atoms with E-state index < -0.39 is 0 Å². The summed E-state index contributed by atoms with van der Waals surface area (Å²) >= 11 is 6.31. The van der Waals surface area contributed by atoms with Crippen LogP contribution in [0.25, 0.3) is 0 Å². The summed E-state index contributed by atoms with van der Waals surface area (Å²) in [7, 11) is 0. The number of nitrogen functional groups attached to an aromatic ring is 2. The summed E-state index contributed by atoms with van der Waals surface area (Å²) in [5.41, 5.74) is 12.5. The molecule has 0 aliphatic heterocycles. The first kappa shape index (κ1) is 10.6. The van der Waals surface area contributed by atoms with Crippen LogP contribution in [0.4, 0.5) is 11.4 Å². The predicted molar refractivity (Wildman–Crippen MR) is 59.0 cm³/mol. The Hall–Kier alpha value is -0.490. The second-order valence-corrected chi connectivity index (χ2v) is 4.07. The van der Waals surface area contributed by atoms with Gasteiger partial charge in [-0.3, -0.25) is 0 Å². The van der Waals surface area contributed by atoms with Gasteiger partial charge < -0.3 is 16.7 Å². The summed E-state index contributed by atoms with van der Waals surface area (Å²) < 4.78 is 1.58. The average Bonchev–Trinajstić information content (AvgIpc) is 2.13. The molecule has 0 spiro atoms. The van der Waals surface area contributed by atoms with E-state index in [0.717, 1.165) is 4.73 Å². The number of pyridine rings is 1. The van der Waals surface area contributed by atoms with Gasteiger partial charge in [0.1, 0.15) is 10.2 Å². The molecule has 0 saturated carbocycles. The third-order valence-electron chi connectivity index (χ3n) is 1.76. The molecule has 1 aromatic heterocycles. The molecule has 0 bridgehead atoms. The molecule has 0 atom stereocenters. The van der Waals surface area contributed by atoms with Crippen LogP contribution in [-0.4, -0.2) is 0 Å². The van der Waals surface area contributed by atoms with E-state index in [1.165, 1.54) is 0 Å². The largest absolute Gasteiger partial charge is 0.618 e. The van der Waals surface area contributed by atoms with Gasteiger partial charge in [0.05, 0.1) is 5.69 Å². The zero-order valence-electron chi connectivity index (χ0n) is 6.97. The van der Waals surface area contributed by atoms with E-state index in [4.69, 9.17) is 11.5 Å². The van der Waals surface area contributed by atoms with E-state index >= 15 is 0 Å². The van der Waals surface area contributed by atoms with E-state index in [-0.39, 0.29) is 10.3 Å². The lowest BCUT2D eigenvalue weighted by molar-refractivity contribution is -0.625. The Labute approximate surface area is 92.8 Å². The molecule has 13 heavy (non-hydrogen) atoms. The molecule has 4 N–H and O–H groups in total. The number of aromatic nitrogens is 1. The lowest BCUT2D eigenvalue weighted by Gasteiger charge is -2.11. The van der Waals surface area contributed by atoms with Crippen molar-refractivity contribution in [3.05, 3.63) is 20.0 Å². The topological polar surface area (TPSA) is 79.0 Å². The molecule has 0 radical (unpaired) electrons. The molecule has 6 heteroatoms. The molecule has 72 valence electrons. The minimum atomic E-state index is 0.263. The molecule has 4 nitrogen and oxygen atoms in total. The molecule has 0 unspecified atom stereocenters. The number of hydrogen-bond donors (Lipinski definition) is 2. The number of rotatable bonds is 1. The minimum absolute atomic E-state index is 0.263. The van der Waals surface area contributed by atoms with Gasteiger partial charge in [0.15, 0.2) is 0 Å². The third-order valence-corrected chi connectivity index (χ3v) is 3.39. The van der Waals surface area contributed by atoms with Crippen molar-refractivity contribution in [2.45, 2.75) is 13.3 Å². The summed E-state index contributed by atoms with van der Waals surface area (Å²) in [5.74, 6) is 0. The van der Waals surface area contributed by atoms with Gasteiger partial charge in [-0.05, 0) is 15.9 Å². The van der Waals surface area contributed by atoms with Crippen LogP contribution in [0.1, 0.15) is 12.6 Å². The summed E-state index contributed by atoms with van der Waals surface area (Å²) in [6.45, 7) is 1.87. The highest BCUT2D eigenvalue weighted by Crippen LogP contribution is 2.31. The Morgan fingerprint density at radius 1 is 1.31 bits per heavy atom. The average molecular weight is 311 g/mol. The molecule has 1 heterocycles. The number of anilines is 2. The fraction of sp³-hybridized carbons (Fsp3) is 0.286. The summed E-state index contributed by atoms with van der Waals surface area (Å²) in [4.78, 5) is 0. The fourth-order valence-corrected chi connectivity index (χ4v) is 2.08. The van der Waals surface area contributed by atoms with Crippen molar-refractivity contribution < 1.29 is 4.73 Å². The van der Waals surface area contributed by atoms with Crippen LogP contribution in [0.2, 0.25) is 0 Å². The van der Waals surface area contributed by atoms with E-state index in [0.29, 0.717) is 22.3 Å². The van der Waals surface area contributed by atoms with Gasteiger partial charge in [-0.25, -0.2) is 0 Å². The first-order valence-electron chi connectivity index (χ1n) is 3.65. The minimum Gasteiger partial charge on any atom is -0.618 e. The van der Waals surface area contributed by atoms with E-state index in [1.807, 2.05) is 6.92 Å². The summed E-state index contributed by atoms with van der Waals surface area (Å²) in [6, 6.07) is 0. The van der Waals surface area contributed by atoms with E-state index in [1.54, 1.807) is 0 Å². The maximum atomic E-state index is 11.5. The number of nitrogens with two attached hydrogens (primary N) is 2. The molecular formula is C7H9Br2N3O. The highest BCUT2D eigenvalue weighted by atomic mass is 79.9. The lowest BCUT2D eigenvalue weighted by Crippen LogP contribution is -2.35. The first-order valence-corrected chi connectivity index (χ1v) is 5.23. The molecule has 0 aliphatic carbocycles. The summed E-state index contributed by atoms with van der Waals surface area (Å²) in [5, 5.41) is 11.5. The molecule has 0 fully saturated rings. The fourth-order valence-electron chi connectivity index (χ4n) is 1.00. The monoisotopic (exact) mass is 309 g/mol. The van der Waals surface area contributed by atoms with Crippen molar-refractivity contribution >= 4 is 43.2 Å². The maximum absolute atomic E-state index is 11.5. The van der Waals surface area contributed by atoms with Crippen molar-refractivity contribution in [3.8, 4) is 0 Å². The molecule has 0 aromatic carbocycles. The Morgan fingerprint density at radius 2 is 1.85 bits per heavy atom. The number of nitrogens with zero attached hydrogens (tertiary/aromatic N) is 1. The van der Waals surface area contributed by atoms with Gasteiger partial charge in [-0.15, -0.1) is 0 Å². The Balaban J connectivity index is 3.56. The smallest absolute Gasteiger partial charge is 0.284 e. The van der Waals surface area contributed by atoms with Crippen LogP contribution in [0, 0.1) is 5.21 Å². The van der Waals surface area contributed by atoms with Gasteiger partial charge >= 0.3 is 0 Å². The van der Waals surface area contributed by atoms with Gasteiger partial charge in [-0.2, -0.15) is 4.73 Å². The van der Waals surface area contributed by atoms with Crippen molar-refractivity contribution in [2.75, 3.05) is 11.5 Å². The number of hydrogen-bond acceptors (Lipinski definition) is 3. The predicted octanol–water partition coefficient (Wildman–Crippen LogP) is 1.57. The van der Waals surface area contributed by atoms with Gasteiger partial charge in [0.25, 0.3) is 4.60 Å². The van der Waals surface area contributed by atoms with Crippen LogP contribution in [0.15, 0.2) is 9.08 Å². The lowest BCUT2D eigenvalue weighted by atomic mass is 10.2. The molecule has 1 rings (SSSR count).